The van der Waals surface area contributed by atoms with E-state index in [1.807, 2.05) is 0 Å². The Bertz CT molecular complexity index is 1390. The van der Waals surface area contributed by atoms with Gasteiger partial charge in [-0.1, -0.05) is 6.07 Å². The van der Waals surface area contributed by atoms with E-state index in [9.17, 15) is 24.5 Å². The molecule has 0 unspecified atom stereocenters. The molecule has 0 saturated carbocycles. The van der Waals surface area contributed by atoms with Gasteiger partial charge in [0.05, 0.1) is 25.7 Å². The first-order valence-electron chi connectivity index (χ1n) is 10.8. The van der Waals surface area contributed by atoms with Crippen LogP contribution in [0.15, 0.2) is 64.7 Å². The number of hydrogen-bond donors (Lipinski definition) is 1. The predicted octanol–water partition coefficient (Wildman–Crippen LogP) is 3.65. The molecule has 1 fully saturated rings. The maximum absolute atomic E-state index is 12.8. The number of furan rings is 1. The van der Waals surface area contributed by atoms with Crippen LogP contribution in [0.25, 0.3) is 6.08 Å². The van der Waals surface area contributed by atoms with Crippen molar-refractivity contribution in [2.75, 3.05) is 14.2 Å². The number of esters is 1. The van der Waals surface area contributed by atoms with E-state index in [2.05, 4.69) is 10.1 Å². The molecule has 1 aliphatic rings. The molecular weight excluding hydrogens is 486 g/mol. The van der Waals surface area contributed by atoms with Gasteiger partial charge in [-0.15, -0.1) is 0 Å². The Morgan fingerprint density at radius 2 is 1.84 bits per heavy atom. The van der Waals surface area contributed by atoms with E-state index < -0.39 is 22.8 Å². The second-order valence-electron chi connectivity index (χ2n) is 7.76. The van der Waals surface area contributed by atoms with Crippen molar-refractivity contribution in [2.24, 2.45) is 0 Å². The van der Waals surface area contributed by atoms with E-state index >= 15 is 0 Å². The number of urea groups is 1. The normalized spacial score (nSPS) is 14.0. The molecule has 0 spiro atoms. The van der Waals surface area contributed by atoms with Crippen LogP contribution < -0.4 is 14.8 Å². The Hall–Kier alpha value is -5.13. The molecule has 1 saturated heterocycles. The number of hydrogen-bond acceptors (Lipinski definition) is 9. The van der Waals surface area contributed by atoms with Gasteiger partial charge in [-0.3, -0.25) is 19.8 Å². The van der Waals surface area contributed by atoms with E-state index in [1.165, 1.54) is 44.6 Å². The highest BCUT2D eigenvalue weighted by Gasteiger charge is 2.34. The van der Waals surface area contributed by atoms with Crippen LogP contribution >= 0.6 is 0 Å². The first-order chi connectivity index (χ1) is 17.8. The lowest BCUT2D eigenvalue weighted by atomic mass is 10.1. The minimum Gasteiger partial charge on any atom is -0.493 e. The van der Waals surface area contributed by atoms with Crippen LogP contribution in [-0.4, -0.2) is 42.0 Å². The van der Waals surface area contributed by atoms with Crippen LogP contribution in [0.5, 0.6) is 11.5 Å². The molecule has 190 valence electrons. The third kappa shape index (κ3) is 5.59. The smallest absolute Gasteiger partial charge is 0.373 e. The Morgan fingerprint density at radius 1 is 1.08 bits per heavy atom. The maximum atomic E-state index is 12.8. The van der Waals surface area contributed by atoms with Gasteiger partial charge >= 0.3 is 12.0 Å². The topological polar surface area (TPSA) is 150 Å². The average Bonchev–Trinajstić information content (AvgIpc) is 3.48. The summed E-state index contributed by atoms with van der Waals surface area (Å²) in [5, 5.41) is 13.3. The van der Waals surface area contributed by atoms with Crippen molar-refractivity contribution in [2.45, 2.75) is 13.2 Å². The maximum Gasteiger partial charge on any atom is 0.373 e. The standard InChI is InChI=1S/C25H21N3O9/c1-34-22-12-16(5-9-20(22)36-14-15-3-6-17(7-4-15)28(32)33)11-19-23(29)27(25(31)26-19)13-18-8-10-21(37-18)24(30)35-2/h3-12H,13-14H2,1-2H3,(H,26,31)/b19-11-. The van der Waals surface area contributed by atoms with Crippen molar-refractivity contribution < 1.29 is 37.9 Å². The van der Waals surface area contributed by atoms with E-state index in [1.54, 1.807) is 30.3 Å². The molecule has 1 aromatic heterocycles. The van der Waals surface area contributed by atoms with Gasteiger partial charge in [0.25, 0.3) is 11.6 Å². The number of non-ortho nitro benzene ring substituents is 1. The molecule has 4 rings (SSSR count). The highest BCUT2D eigenvalue weighted by Crippen LogP contribution is 2.30. The zero-order chi connectivity index (χ0) is 26.5. The molecule has 1 aliphatic heterocycles. The largest absolute Gasteiger partial charge is 0.493 e. The Balaban J connectivity index is 1.44. The van der Waals surface area contributed by atoms with Crippen LogP contribution in [0.1, 0.15) is 27.4 Å². The Labute approximate surface area is 210 Å². The summed E-state index contributed by atoms with van der Waals surface area (Å²) in [5.41, 5.74) is 1.33. The fourth-order valence-corrected chi connectivity index (χ4v) is 3.48. The quantitative estimate of drug-likeness (QED) is 0.150. The fraction of sp³-hybridized carbons (Fsp3) is 0.160. The number of rotatable bonds is 9. The number of ether oxygens (including phenoxy) is 3. The number of imide groups is 1. The van der Waals surface area contributed by atoms with Crippen LogP contribution in [0.3, 0.4) is 0 Å². The number of amides is 3. The molecule has 2 heterocycles. The predicted molar refractivity (Wildman–Crippen MR) is 128 cm³/mol. The molecule has 1 N–H and O–H groups in total. The molecule has 12 nitrogen and oxygen atoms in total. The summed E-state index contributed by atoms with van der Waals surface area (Å²) in [7, 11) is 2.67. The van der Waals surface area contributed by atoms with Crippen molar-refractivity contribution in [1.82, 2.24) is 10.2 Å². The van der Waals surface area contributed by atoms with Gasteiger partial charge in [0, 0.05) is 12.1 Å². The fourth-order valence-electron chi connectivity index (χ4n) is 3.48. The minimum atomic E-state index is -0.668. The third-order valence-corrected chi connectivity index (χ3v) is 5.36. The van der Waals surface area contributed by atoms with E-state index in [0.29, 0.717) is 17.1 Å². The van der Waals surface area contributed by atoms with E-state index in [4.69, 9.17) is 13.9 Å². The highest BCUT2D eigenvalue weighted by molar-refractivity contribution is 6.13. The van der Waals surface area contributed by atoms with E-state index in [0.717, 1.165) is 10.5 Å². The van der Waals surface area contributed by atoms with Crippen LogP contribution in [-0.2, 0) is 22.7 Å². The van der Waals surface area contributed by atoms with Gasteiger partial charge in [-0.25, -0.2) is 9.59 Å². The number of nitro benzene ring substituents is 1. The molecule has 12 heteroatoms. The summed E-state index contributed by atoms with van der Waals surface area (Å²) < 4.78 is 21.1. The second kappa shape index (κ2) is 10.6. The van der Waals surface area contributed by atoms with Gasteiger partial charge in [0.15, 0.2) is 11.5 Å². The summed E-state index contributed by atoms with van der Waals surface area (Å²) in [6.45, 7) is -0.0134. The molecular formula is C25H21N3O9. The number of nitrogens with one attached hydrogen (secondary N) is 1. The van der Waals surface area contributed by atoms with Crippen LogP contribution in [0, 0.1) is 10.1 Å². The van der Waals surface area contributed by atoms with Crippen molar-refractivity contribution in [3.63, 3.8) is 0 Å². The van der Waals surface area contributed by atoms with Crippen molar-refractivity contribution in [3.8, 4) is 11.5 Å². The first kappa shape index (κ1) is 25.0. The summed E-state index contributed by atoms with van der Waals surface area (Å²) in [6.07, 6.45) is 1.49. The van der Waals surface area contributed by atoms with Gasteiger partial charge < -0.3 is 23.9 Å². The molecule has 0 aliphatic carbocycles. The van der Waals surface area contributed by atoms with Crippen molar-refractivity contribution >= 4 is 29.7 Å². The Kier molecular flexibility index (Phi) is 7.19. The lowest BCUT2D eigenvalue weighted by Crippen LogP contribution is -2.30. The summed E-state index contributed by atoms with van der Waals surface area (Å²) >= 11 is 0. The molecule has 3 aromatic rings. The van der Waals surface area contributed by atoms with Gasteiger partial charge in [-0.05, 0) is 53.6 Å². The van der Waals surface area contributed by atoms with Gasteiger partial charge in [-0.2, -0.15) is 0 Å². The summed E-state index contributed by atoms with van der Waals surface area (Å²) in [4.78, 5) is 48.0. The minimum absolute atomic E-state index is 0.0130. The Morgan fingerprint density at radius 3 is 2.51 bits per heavy atom. The number of benzene rings is 2. The number of carbonyl (C=O) groups is 3. The zero-order valence-corrected chi connectivity index (χ0v) is 19.8. The van der Waals surface area contributed by atoms with Crippen molar-refractivity contribution in [3.05, 3.63) is 93.1 Å². The second-order valence-corrected chi connectivity index (χ2v) is 7.76. The average molecular weight is 507 g/mol. The zero-order valence-electron chi connectivity index (χ0n) is 19.8. The summed E-state index contributed by atoms with van der Waals surface area (Å²) in [6, 6.07) is 13.2. The first-order valence-corrected chi connectivity index (χ1v) is 10.8. The van der Waals surface area contributed by atoms with Gasteiger partial charge in [0.1, 0.15) is 18.1 Å². The lowest BCUT2D eigenvalue weighted by Gasteiger charge is -2.11. The molecule has 0 bridgehead atoms. The summed E-state index contributed by atoms with van der Waals surface area (Å²) in [5.74, 6) is -0.234. The van der Waals surface area contributed by atoms with Crippen LogP contribution in [0.4, 0.5) is 10.5 Å². The molecule has 3 amide bonds. The SMILES string of the molecule is COC(=O)c1ccc(CN2C(=O)N/C(=C\c3ccc(OCc4ccc([N+](=O)[O-])cc4)c(OC)c3)C2=O)o1. The molecule has 2 aromatic carbocycles. The number of nitro groups is 1. The van der Waals surface area contributed by atoms with Gasteiger partial charge in [0.2, 0.25) is 5.76 Å². The van der Waals surface area contributed by atoms with Crippen LogP contribution in [0.2, 0.25) is 0 Å². The molecule has 0 atom stereocenters. The number of methoxy groups -OCH3 is 2. The lowest BCUT2D eigenvalue weighted by molar-refractivity contribution is -0.384. The van der Waals surface area contributed by atoms with Crippen molar-refractivity contribution in [1.29, 1.82) is 0 Å². The molecule has 0 radical (unpaired) electrons. The third-order valence-electron chi connectivity index (χ3n) is 5.36. The number of carbonyl (C=O) groups excluding carboxylic acids is 3. The monoisotopic (exact) mass is 507 g/mol. The number of nitrogens with zero attached hydrogens (tertiary/aromatic N) is 2. The molecule has 37 heavy (non-hydrogen) atoms. The van der Waals surface area contributed by atoms with E-state index in [-0.39, 0.29) is 36.1 Å². The highest BCUT2D eigenvalue weighted by atomic mass is 16.6.